The van der Waals surface area contributed by atoms with Gasteiger partial charge < -0.3 is 14.7 Å². The number of carboxylic acid groups (broad SMARTS) is 1. The molecule has 0 unspecified atom stereocenters. The maximum Gasteiger partial charge on any atom is 0.325 e. The fraction of sp³-hybridized carbons (Fsp3) is 0.389. The number of aliphatic carboxylic acids is 1. The van der Waals surface area contributed by atoms with Crippen molar-refractivity contribution in [3.05, 3.63) is 42.2 Å². The molecule has 1 saturated heterocycles. The van der Waals surface area contributed by atoms with Crippen molar-refractivity contribution in [2.75, 3.05) is 32.8 Å². The second-order valence-electron chi connectivity index (χ2n) is 6.42. The van der Waals surface area contributed by atoms with E-state index in [4.69, 9.17) is 9.84 Å². The number of ether oxygens (including phenoxy) is 1. The third-order valence-electron chi connectivity index (χ3n) is 4.48. The van der Waals surface area contributed by atoms with Gasteiger partial charge >= 0.3 is 5.97 Å². The summed E-state index contributed by atoms with van der Waals surface area (Å²) < 4.78 is 33.5. The highest BCUT2D eigenvalue weighted by atomic mass is 32.2. The van der Waals surface area contributed by atoms with E-state index >= 15 is 0 Å². The summed E-state index contributed by atoms with van der Waals surface area (Å²) in [5.74, 6) is -0.759. The zero-order valence-electron chi connectivity index (χ0n) is 15.9. The van der Waals surface area contributed by atoms with Crippen LogP contribution in [0, 0.1) is 0 Å². The van der Waals surface area contributed by atoms with Gasteiger partial charge in [-0.2, -0.15) is 9.40 Å². The van der Waals surface area contributed by atoms with E-state index in [1.807, 2.05) is 6.92 Å². The fourth-order valence-corrected chi connectivity index (χ4v) is 4.46. The van der Waals surface area contributed by atoms with Crippen molar-refractivity contribution in [2.24, 2.45) is 0 Å². The summed E-state index contributed by atoms with van der Waals surface area (Å²) in [7, 11) is -3.66. The fourth-order valence-electron chi connectivity index (χ4n) is 3.04. The Morgan fingerprint density at radius 1 is 1.14 bits per heavy atom. The molecule has 0 atom stereocenters. The quantitative estimate of drug-likeness (QED) is 0.690. The van der Waals surface area contributed by atoms with Gasteiger partial charge in [-0.15, -0.1) is 0 Å². The van der Waals surface area contributed by atoms with Gasteiger partial charge in [0, 0.05) is 32.4 Å². The summed E-state index contributed by atoms with van der Waals surface area (Å²) >= 11 is 0. The summed E-state index contributed by atoms with van der Waals surface area (Å²) in [5, 5.41) is 12.6. The number of piperazine rings is 1. The number of benzene rings is 1. The normalized spacial score (nSPS) is 15.3. The third-order valence-corrected chi connectivity index (χ3v) is 6.39. The number of aromatic nitrogens is 2. The van der Waals surface area contributed by atoms with Crippen molar-refractivity contribution in [1.29, 1.82) is 0 Å². The van der Waals surface area contributed by atoms with Gasteiger partial charge in [0.2, 0.25) is 10.0 Å². The highest BCUT2D eigenvalue weighted by molar-refractivity contribution is 7.89. The minimum Gasteiger partial charge on any atom is -0.494 e. The minimum atomic E-state index is -3.66. The van der Waals surface area contributed by atoms with Crippen molar-refractivity contribution in [1.82, 2.24) is 19.0 Å². The summed E-state index contributed by atoms with van der Waals surface area (Å²) in [5.41, 5.74) is 0.272. The van der Waals surface area contributed by atoms with Crippen LogP contribution in [0.2, 0.25) is 0 Å². The summed E-state index contributed by atoms with van der Waals surface area (Å²) in [6.45, 7) is 2.83. The molecule has 11 heteroatoms. The van der Waals surface area contributed by atoms with Crippen LogP contribution < -0.4 is 4.74 Å². The second-order valence-corrected chi connectivity index (χ2v) is 8.36. The molecule has 0 aliphatic carbocycles. The van der Waals surface area contributed by atoms with Crippen molar-refractivity contribution in [3.8, 4) is 5.75 Å². The maximum atomic E-state index is 12.8. The number of nitrogens with zero attached hydrogens (tertiary/aromatic N) is 4. The van der Waals surface area contributed by atoms with E-state index in [0.29, 0.717) is 12.4 Å². The van der Waals surface area contributed by atoms with Crippen LogP contribution in [0.25, 0.3) is 0 Å². The van der Waals surface area contributed by atoms with Gasteiger partial charge in [-0.25, -0.2) is 8.42 Å². The molecule has 29 heavy (non-hydrogen) atoms. The third kappa shape index (κ3) is 4.74. The number of carboxylic acids is 1. The predicted molar refractivity (Wildman–Crippen MR) is 102 cm³/mol. The molecule has 1 aliphatic rings. The van der Waals surface area contributed by atoms with Crippen molar-refractivity contribution in [2.45, 2.75) is 18.4 Å². The Kier molecular flexibility index (Phi) is 6.18. The molecule has 10 nitrogen and oxygen atoms in total. The molecule has 0 spiro atoms. The lowest BCUT2D eigenvalue weighted by Gasteiger charge is -2.33. The molecule has 2 heterocycles. The maximum absolute atomic E-state index is 12.8. The number of carbonyl (C=O) groups excluding carboxylic acids is 1. The lowest BCUT2D eigenvalue weighted by atomic mass is 10.2. The summed E-state index contributed by atoms with van der Waals surface area (Å²) in [6.07, 6.45) is 2.69. The van der Waals surface area contributed by atoms with E-state index in [1.165, 1.54) is 38.4 Å². The molecule has 3 rings (SSSR count). The standard InChI is InChI=1S/C18H22N4O6S/c1-2-28-15-3-5-16(6-4-15)29(26,27)22-9-7-20(8-10-22)18(25)14-11-19-21(12-14)13-17(23)24/h3-6,11-12H,2,7-10,13H2,1H3,(H,23,24). The number of sulfonamides is 1. The monoisotopic (exact) mass is 422 g/mol. The van der Waals surface area contributed by atoms with Crippen LogP contribution in [0.1, 0.15) is 17.3 Å². The summed E-state index contributed by atoms with van der Waals surface area (Å²) in [4.78, 5) is 25.0. The Labute approximate surface area is 168 Å². The van der Waals surface area contributed by atoms with Gasteiger partial charge in [-0.1, -0.05) is 0 Å². The van der Waals surface area contributed by atoms with Crippen molar-refractivity contribution in [3.63, 3.8) is 0 Å². The highest BCUT2D eigenvalue weighted by Crippen LogP contribution is 2.21. The van der Waals surface area contributed by atoms with Gasteiger partial charge in [-0.05, 0) is 31.2 Å². The first-order chi connectivity index (χ1) is 13.8. The topological polar surface area (TPSA) is 122 Å². The molecule has 1 fully saturated rings. The molecule has 1 N–H and O–H groups in total. The van der Waals surface area contributed by atoms with Crippen LogP contribution in [0.15, 0.2) is 41.6 Å². The molecule has 0 bridgehead atoms. The Morgan fingerprint density at radius 2 is 1.79 bits per heavy atom. The van der Waals surface area contributed by atoms with E-state index < -0.39 is 16.0 Å². The number of rotatable bonds is 7. The zero-order valence-corrected chi connectivity index (χ0v) is 16.7. The molecule has 1 amide bonds. The first-order valence-electron chi connectivity index (χ1n) is 9.08. The van der Waals surface area contributed by atoms with Crippen LogP contribution >= 0.6 is 0 Å². The predicted octanol–water partition coefficient (Wildman–Crippen LogP) is 0.513. The average molecular weight is 422 g/mol. The van der Waals surface area contributed by atoms with Gasteiger partial charge in [0.05, 0.1) is 23.3 Å². The Hall–Kier alpha value is -2.92. The van der Waals surface area contributed by atoms with E-state index in [-0.39, 0.29) is 49.1 Å². The van der Waals surface area contributed by atoms with Crippen LogP contribution in [-0.2, 0) is 21.4 Å². The molecule has 0 radical (unpaired) electrons. The van der Waals surface area contributed by atoms with E-state index in [0.717, 1.165) is 0 Å². The smallest absolute Gasteiger partial charge is 0.325 e. The van der Waals surface area contributed by atoms with Crippen LogP contribution in [-0.4, -0.2) is 77.2 Å². The Morgan fingerprint density at radius 3 is 2.38 bits per heavy atom. The van der Waals surface area contributed by atoms with Gasteiger partial charge in [-0.3, -0.25) is 14.3 Å². The Balaban J connectivity index is 1.62. The van der Waals surface area contributed by atoms with Gasteiger partial charge in [0.25, 0.3) is 5.91 Å². The molecule has 1 aromatic carbocycles. The number of hydrogen-bond acceptors (Lipinski definition) is 6. The van der Waals surface area contributed by atoms with Crippen LogP contribution in [0.5, 0.6) is 5.75 Å². The lowest BCUT2D eigenvalue weighted by Crippen LogP contribution is -2.50. The molecular weight excluding hydrogens is 400 g/mol. The molecule has 2 aromatic rings. The SMILES string of the molecule is CCOc1ccc(S(=O)(=O)N2CCN(C(=O)c3cnn(CC(=O)O)c3)CC2)cc1. The number of amides is 1. The number of carbonyl (C=O) groups is 2. The van der Waals surface area contributed by atoms with Crippen LogP contribution in [0.4, 0.5) is 0 Å². The summed E-state index contributed by atoms with van der Waals surface area (Å²) in [6, 6.07) is 6.25. The molecule has 1 aliphatic heterocycles. The molecule has 156 valence electrons. The van der Waals surface area contributed by atoms with Gasteiger partial charge in [0.1, 0.15) is 12.3 Å². The van der Waals surface area contributed by atoms with Crippen molar-refractivity contribution >= 4 is 21.9 Å². The highest BCUT2D eigenvalue weighted by Gasteiger charge is 2.30. The van der Waals surface area contributed by atoms with Gasteiger partial charge in [0.15, 0.2) is 0 Å². The first kappa shape index (κ1) is 20.8. The Bertz CT molecular complexity index is 978. The van der Waals surface area contributed by atoms with Crippen molar-refractivity contribution < 1.29 is 27.9 Å². The largest absolute Gasteiger partial charge is 0.494 e. The molecular formula is C18H22N4O6S. The molecule has 1 aromatic heterocycles. The van der Waals surface area contributed by atoms with Crippen LogP contribution in [0.3, 0.4) is 0 Å². The average Bonchev–Trinajstić information content (AvgIpc) is 3.16. The zero-order chi connectivity index (χ0) is 21.0. The van der Waals surface area contributed by atoms with E-state index in [2.05, 4.69) is 5.10 Å². The minimum absolute atomic E-state index is 0.171. The lowest BCUT2D eigenvalue weighted by molar-refractivity contribution is -0.137. The van der Waals surface area contributed by atoms with E-state index in [9.17, 15) is 18.0 Å². The molecule has 0 saturated carbocycles. The van der Waals surface area contributed by atoms with E-state index in [1.54, 1.807) is 12.1 Å². The number of hydrogen-bond donors (Lipinski definition) is 1. The second kappa shape index (κ2) is 8.62. The first-order valence-corrected chi connectivity index (χ1v) is 10.5.